The summed E-state index contributed by atoms with van der Waals surface area (Å²) >= 11 is 0. The van der Waals surface area contributed by atoms with Crippen molar-refractivity contribution in [3.8, 4) is 0 Å². The molecular weight excluding hydrogens is 429 g/mol. The lowest BCUT2D eigenvalue weighted by molar-refractivity contribution is -0.171. The van der Waals surface area contributed by atoms with Crippen LogP contribution in [0.25, 0.3) is 0 Å². The maximum atomic E-state index is 14.1. The summed E-state index contributed by atoms with van der Waals surface area (Å²) in [6.07, 6.45) is 0.867. The van der Waals surface area contributed by atoms with E-state index in [4.69, 9.17) is 0 Å². The Morgan fingerprint density at radius 1 is 1.31 bits per heavy atom. The molecule has 0 saturated carbocycles. The number of carbonyl (C=O) groups excluding carboxylic acids is 1. The van der Waals surface area contributed by atoms with Crippen LogP contribution in [0.4, 0.5) is 22.0 Å². The maximum Gasteiger partial charge on any atom is 0.391 e. The van der Waals surface area contributed by atoms with Gasteiger partial charge in [0.25, 0.3) is 5.91 Å². The van der Waals surface area contributed by atoms with Crippen LogP contribution in [-0.4, -0.2) is 29.3 Å². The lowest BCUT2D eigenvalue weighted by Gasteiger charge is -2.47. The zero-order chi connectivity index (χ0) is 24.2. The molecule has 1 fully saturated rings. The van der Waals surface area contributed by atoms with E-state index in [2.05, 4.69) is 23.9 Å². The van der Waals surface area contributed by atoms with E-state index in [-0.39, 0.29) is 30.4 Å². The van der Waals surface area contributed by atoms with Crippen molar-refractivity contribution in [2.45, 2.75) is 58.4 Å². The minimum Gasteiger partial charge on any atom is -0.367 e. The fraction of sp³-hybridized carbons (Fsp3) is 0.522. The number of carbonyl (C=O) groups is 1. The molecule has 0 aromatic carbocycles. The minimum atomic E-state index is -4.28. The molecule has 178 valence electrons. The minimum absolute atomic E-state index is 0.108. The molecule has 2 heterocycles. The van der Waals surface area contributed by atoms with Gasteiger partial charge >= 0.3 is 6.18 Å². The van der Waals surface area contributed by atoms with Gasteiger partial charge in [-0.2, -0.15) is 13.2 Å². The topological polar surface area (TPSA) is 44.4 Å². The van der Waals surface area contributed by atoms with Gasteiger partial charge in [-0.05, 0) is 44.8 Å². The highest BCUT2D eigenvalue weighted by atomic mass is 19.4. The first-order valence-electron chi connectivity index (χ1n) is 10.5. The monoisotopic (exact) mass is 459 g/mol. The van der Waals surface area contributed by atoms with Crippen LogP contribution < -0.4 is 10.7 Å². The van der Waals surface area contributed by atoms with Crippen LogP contribution in [0.15, 0.2) is 60.4 Å². The summed E-state index contributed by atoms with van der Waals surface area (Å²) in [5, 5.41) is 4.58. The first-order chi connectivity index (χ1) is 14.8. The smallest absolute Gasteiger partial charge is 0.367 e. The van der Waals surface area contributed by atoms with E-state index in [1.165, 1.54) is 30.2 Å². The van der Waals surface area contributed by atoms with Gasteiger partial charge < -0.3 is 5.32 Å². The second kappa shape index (κ2) is 10.5. The molecule has 4 nitrogen and oxygen atoms in total. The van der Waals surface area contributed by atoms with Crippen molar-refractivity contribution in [3.05, 3.63) is 60.4 Å². The van der Waals surface area contributed by atoms with E-state index < -0.39 is 41.7 Å². The third-order valence-electron chi connectivity index (χ3n) is 5.94. The van der Waals surface area contributed by atoms with Gasteiger partial charge in [0.2, 0.25) is 0 Å². The van der Waals surface area contributed by atoms with Gasteiger partial charge in [0.15, 0.2) is 0 Å². The number of nitrogens with zero attached hydrogens (tertiary/aromatic N) is 1. The highest BCUT2D eigenvalue weighted by Crippen LogP contribution is 2.35. The number of amides is 1. The summed E-state index contributed by atoms with van der Waals surface area (Å²) in [5.74, 6) is -3.90. The Labute approximate surface area is 185 Å². The number of halogens is 5. The molecule has 1 saturated heterocycles. The lowest BCUT2D eigenvalue weighted by Crippen LogP contribution is -2.65. The highest BCUT2D eigenvalue weighted by molar-refractivity contribution is 5.89. The standard InChI is InChI=1S/C23H30F5N3O/c1-6-17(9-7-13(2)23(26,27)28)20-12-22(32)31-21(29-20)11-19(16(5)30-31)18(15(4)25)10-8-14(3)24/h6,8,10,12-13,16-17,19,21,29-30H,1,4,7,9,11H2,2-3,5H3/b14-8+,18-10+. The Hall–Kier alpha value is -2.42. The highest BCUT2D eigenvalue weighted by Gasteiger charge is 2.41. The third-order valence-corrected chi connectivity index (χ3v) is 5.94. The molecule has 2 aliphatic rings. The van der Waals surface area contributed by atoms with E-state index in [1.54, 1.807) is 6.92 Å². The maximum absolute atomic E-state index is 14.1. The van der Waals surface area contributed by atoms with Crippen LogP contribution in [-0.2, 0) is 4.79 Å². The first kappa shape index (κ1) is 25.8. The Bertz CT molecular complexity index is 826. The molecule has 2 rings (SSSR count). The van der Waals surface area contributed by atoms with Crippen LogP contribution in [0, 0.1) is 17.8 Å². The summed E-state index contributed by atoms with van der Waals surface area (Å²) < 4.78 is 65.9. The zero-order valence-electron chi connectivity index (χ0n) is 18.5. The molecule has 5 unspecified atom stereocenters. The van der Waals surface area contributed by atoms with Crippen molar-refractivity contribution in [2.24, 2.45) is 17.8 Å². The largest absolute Gasteiger partial charge is 0.391 e. The number of nitrogens with one attached hydrogen (secondary N) is 2. The molecule has 9 heteroatoms. The van der Waals surface area contributed by atoms with Crippen molar-refractivity contribution >= 4 is 5.91 Å². The number of hydrazine groups is 1. The first-order valence-corrected chi connectivity index (χ1v) is 10.5. The number of rotatable bonds is 8. The number of allylic oxidation sites excluding steroid dienone is 5. The summed E-state index contributed by atoms with van der Waals surface area (Å²) in [6.45, 7) is 11.2. The molecule has 2 aliphatic heterocycles. The molecule has 1 amide bonds. The molecule has 2 N–H and O–H groups in total. The van der Waals surface area contributed by atoms with Crippen molar-refractivity contribution in [3.63, 3.8) is 0 Å². The Morgan fingerprint density at radius 3 is 2.50 bits per heavy atom. The number of hydrogen-bond donors (Lipinski definition) is 2. The normalized spacial score (nSPS) is 26.6. The summed E-state index contributed by atoms with van der Waals surface area (Å²) in [4.78, 5) is 12.7. The molecule has 0 bridgehead atoms. The van der Waals surface area contributed by atoms with Gasteiger partial charge in [-0.25, -0.2) is 14.2 Å². The average molecular weight is 460 g/mol. The Kier molecular flexibility index (Phi) is 8.45. The molecule has 5 atom stereocenters. The van der Waals surface area contributed by atoms with Crippen molar-refractivity contribution in [2.75, 3.05) is 0 Å². The average Bonchev–Trinajstić information content (AvgIpc) is 2.68. The third kappa shape index (κ3) is 6.31. The molecule has 0 aliphatic carbocycles. The van der Waals surface area contributed by atoms with Gasteiger partial charge in [-0.1, -0.05) is 25.7 Å². The second-order valence-electron chi connectivity index (χ2n) is 8.37. The SMILES string of the molecule is C=CC(CCC(C)C(F)(F)F)C1=CC(=O)N2NC(C)C(/C(=C/C=C(\C)F)C(=C)F)CC2N1. The molecule has 32 heavy (non-hydrogen) atoms. The van der Waals surface area contributed by atoms with Gasteiger partial charge in [0.1, 0.15) is 12.0 Å². The van der Waals surface area contributed by atoms with Crippen LogP contribution in [0.3, 0.4) is 0 Å². The Balaban J connectivity index is 2.21. The summed E-state index contributed by atoms with van der Waals surface area (Å²) in [7, 11) is 0. The Morgan fingerprint density at radius 2 is 1.97 bits per heavy atom. The predicted molar refractivity (Wildman–Crippen MR) is 114 cm³/mol. The van der Waals surface area contributed by atoms with Crippen molar-refractivity contribution in [1.29, 1.82) is 0 Å². The number of fused-ring (bicyclic) bond motifs is 1. The van der Waals surface area contributed by atoms with Crippen molar-refractivity contribution in [1.82, 2.24) is 15.8 Å². The fourth-order valence-corrected chi connectivity index (χ4v) is 3.95. The molecule has 0 aromatic rings. The van der Waals surface area contributed by atoms with Crippen LogP contribution in [0.1, 0.15) is 40.0 Å². The van der Waals surface area contributed by atoms with E-state index in [0.29, 0.717) is 12.1 Å². The number of hydrogen-bond acceptors (Lipinski definition) is 3. The second-order valence-corrected chi connectivity index (χ2v) is 8.37. The van der Waals surface area contributed by atoms with Crippen LogP contribution >= 0.6 is 0 Å². The van der Waals surface area contributed by atoms with Gasteiger partial charge in [0, 0.05) is 29.7 Å². The zero-order valence-corrected chi connectivity index (χ0v) is 18.5. The van der Waals surface area contributed by atoms with Gasteiger partial charge in [0.05, 0.1) is 11.7 Å². The van der Waals surface area contributed by atoms with E-state index in [0.717, 1.165) is 13.0 Å². The molecule has 0 radical (unpaired) electrons. The quantitative estimate of drug-likeness (QED) is 0.282. The predicted octanol–water partition coefficient (Wildman–Crippen LogP) is 5.60. The summed E-state index contributed by atoms with van der Waals surface area (Å²) in [5.41, 5.74) is 3.71. The van der Waals surface area contributed by atoms with E-state index >= 15 is 0 Å². The van der Waals surface area contributed by atoms with Crippen molar-refractivity contribution < 1.29 is 26.7 Å². The fourth-order valence-electron chi connectivity index (χ4n) is 3.95. The molecule has 0 spiro atoms. The lowest BCUT2D eigenvalue weighted by atomic mass is 9.84. The summed E-state index contributed by atoms with van der Waals surface area (Å²) in [6, 6.07) is -0.346. The van der Waals surface area contributed by atoms with Crippen LogP contribution in [0.2, 0.25) is 0 Å². The van der Waals surface area contributed by atoms with E-state index in [9.17, 15) is 26.7 Å². The van der Waals surface area contributed by atoms with Gasteiger partial charge in [-0.3, -0.25) is 9.80 Å². The molecule has 0 aromatic heterocycles. The van der Waals surface area contributed by atoms with Crippen LogP contribution in [0.5, 0.6) is 0 Å². The van der Waals surface area contributed by atoms with E-state index in [1.807, 2.05) is 0 Å². The number of alkyl halides is 3. The molecular formula is C23H30F5N3O. The van der Waals surface area contributed by atoms with Gasteiger partial charge in [-0.15, -0.1) is 6.58 Å².